The normalized spacial score (nSPS) is 12.4. The van der Waals surface area contributed by atoms with Crippen LogP contribution in [0.4, 0.5) is 5.69 Å². The number of nitrogens with zero attached hydrogens (tertiary/aromatic N) is 2. The first-order chi connectivity index (χ1) is 16.7. The van der Waals surface area contributed by atoms with E-state index in [1.807, 2.05) is 45.0 Å². The number of carbonyl (C=O) groups is 2. The molecule has 0 aliphatic rings. The van der Waals surface area contributed by atoms with E-state index in [2.05, 4.69) is 21.2 Å². The molecule has 0 aromatic heterocycles. The van der Waals surface area contributed by atoms with Gasteiger partial charge in [0.15, 0.2) is 11.5 Å². The number of carbonyl (C=O) groups excluding carboxylic acids is 2. The summed E-state index contributed by atoms with van der Waals surface area (Å²) in [4.78, 5) is 28.0. The molecule has 11 heteroatoms. The van der Waals surface area contributed by atoms with Crippen molar-refractivity contribution in [1.82, 2.24) is 10.2 Å². The standard InChI is InChI=1S/C25H34BrN3O6S/c1-17(24(31)27-25(2,3)4)28(15-18-9-8-10-19(26)13-18)23(30)16-29(36(7,32)33)20-11-12-21(34-5)22(14-20)35-6/h8-14,17H,15-16H2,1-7H3,(H,27,31). The number of halogens is 1. The van der Waals surface area contributed by atoms with Gasteiger partial charge in [0.05, 0.1) is 26.2 Å². The number of hydrogen-bond acceptors (Lipinski definition) is 6. The maximum absolute atomic E-state index is 13.6. The summed E-state index contributed by atoms with van der Waals surface area (Å²) in [5, 5.41) is 2.89. The summed E-state index contributed by atoms with van der Waals surface area (Å²) in [6.45, 7) is 6.77. The summed E-state index contributed by atoms with van der Waals surface area (Å²) in [6.07, 6.45) is 1.02. The van der Waals surface area contributed by atoms with E-state index in [0.717, 1.165) is 20.6 Å². The molecule has 1 atom stereocenters. The van der Waals surface area contributed by atoms with Crippen molar-refractivity contribution < 1.29 is 27.5 Å². The molecule has 1 N–H and O–H groups in total. The number of rotatable bonds is 10. The molecule has 2 aromatic rings. The van der Waals surface area contributed by atoms with Crippen molar-refractivity contribution in [2.24, 2.45) is 0 Å². The van der Waals surface area contributed by atoms with Crippen LogP contribution in [0.3, 0.4) is 0 Å². The number of sulfonamides is 1. The van der Waals surface area contributed by atoms with Gasteiger partial charge in [0, 0.05) is 22.6 Å². The van der Waals surface area contributed by atoms with Crippen LogP contribution in [0.5, 0.6) is 11.5 Å². The number of hydrogen-bond donors (Lipinski definition) is 1. The number of amides is 2. The topological polar surface area (TPSA) is 105 Å². The van der Waals surface area contributed by atoms with Crippen molar-refractivity contribution >= 4 is 43.5 Å². The molecule has 0 saturated carbocycles. The van der Waals surface area contributed by atoms with E-state index in [0.29, 0.717) is 11.5 Å². The number of anilines is 1. The molecule has 0 aliphatic heterocycles. The highest BCUT2D eigenvalue weighted by Gasteiger charge is 2.31. The molecule has 0 fully saturated rings. The Morgan fingerprint density at radius 1 is 1.06 bits per heavy atom. The predicted molar refractivity (Wildman–Crippen MR) is 144 cm³/mol. The first-order valence-electron chi connectivity index (χ1n) is 11.2. The van der Waals surface area contributed by atoms with E-state index in [-0.39, 0.29) is 18.1 Å². The second-order valence-electron chi connectivity index (χ2n) is 9.38. The summed E-state index contributed by atoms with van der Waals surface area (Å²) in [5.74, 6) is -0.139. The van der Waals surface area contributed by atoms with E-state index < -0.39 is 34.1 Å². The average molecular weight is 585 g/mol. The van der Waals surface area contributed by atoms with Crippen LogP contribution in [-0.2, 0) is 26.2 Å². The number of benzene rings is 2. The van der Waals surface area contributed by atoms with Crippen LogP contribution in [0.2, 0.25) is 0 Å². The van der Waals surface area contributed by atoms with Gasteiger partial charge in [-0.15, -0.1) is 0 Å². The number of nitrogens with one attached hydrogen (secondary N) is 1. The zero-order valence-electron chi connectivity index (χ0n) is 21.7. The Hall–Kier alpha value is -2.79. The van der Waals surface area contributed by atoms with E-state index >= 15 is 0 Å². The average Bonchev–Trinajstić information content (AvgIpc) is 2.78. The Bertz CT molecular complexity index is 1200. The van der Waals surface area contributed by atoms with Crippen molar-refractivity contribution in [3.63, 3.8) is 0 Å². The maximum atomic E-state index is 13.6. The Labute approximate surface area is 221 Å². The molecular weight excluding hydrogens is 550 g/mol. The Balaban J connectivity index is 2.46. The molecule has 2 rings (SSSR count). The SMILES string of the molecule is COc1ccc(N(CC(=O)N(Cc2cccc(Br)c2)C(C)C(=O)NC(C)(C)C)S(C)(=O)=O)cc1OC. The van der Waals surface area contributed by atoms with E-state index in [9.17, 15) is 18.0 Å². The Kier molecular flexibility index (Phi) is 9.78. The fourth-order valence-electron chi connectivity index (χ4n) is 3.48. The maximum Gasteiger partial charge on any atom is 0.244 e. The molecule has 0 saturated heterocycles. The highest BCUT2D eigenvalue weighted by molar-refractivity contribution is 9.10. The highest BCUT2D eigenvalue weighted by Crippen LogP contribution is 2.32. The third-order valence-electron chi connectivity index (χ3n) is 5.24. The van der Waals surface area contributed by atoms with Gasteiger partial charge in [0.2, 0.25) is 21.8 Å². The largest absolute Gasteiger partial charge is 0.493 e. The summed E-state index contributed by atoms with van der Waals surface area (Å²) < 4.78 is 37.8. The summed E-state index contributed by atoms with van der Waals surface area (Å²) in [5.41, 5.74) is 0.511. The van der Waals surface area contributed by atoms with Crippen molar-refractivity contribution in [3.8, 4) is 11.5 Å². The Morgan fingerprint density at radius 3 is 2.22 bits per heavy atom. The quantitative estimate of drug-likeness (QED) is 0.458. The van der Waals surface area contributed by atoms with E-state index in [1.54, 1.807) is 13.0 Å². The third kappa shape index (κ3) is 8.12. The molecule has 2 amide bonds. The molecule has 0 bridgehead atoms. The molecule has 0 aliphatic carbocycles. The van der Waals surface area contributed by atoms with Crippen molar-refractivity contribution in [2.45, 2.75) is 45.8 Å². The fraction of sp³-hybridized carbons (Fsp3) is 0.440. The lowest BCUT2D eigenvalue weighted by Gasteiger charge is -2.33. The van der Waals surface area contributed by atoms with E-state index in [4.69, 9.17) is 9.47 Å². The lowest BCUT2D eigenvalue weighted by molar-refractivity contribution is -0.140. The minimum absolute atomic E-state index is 0.112. The van der Waals surface area contributed by atoms with Crippen LogP contribution < -0.4 is 19.1 Å². The molecule has 9 nitrogen and oxygen atoms in total. The molecule has 0 radical (unpaired) electrons. The van der Waals surface area contributed by atoms with Crippen LogP contribution in [0.25, 0.3) is 0 Å². The van der Waals surface area contributed by atoms with Crippen LogP contribution in [0.15, 0.2) is 46.9 Å². The molecule has 198 valence electrons. The van der Waals surface area contributed by atoms with Crippen molar-refractivity contribution in [2.75, 3.05) is 31.3 Å². The second kappa shape index (κ2) is 12.0. The molecule has 36 heavy (non-hydrogen) atoms. The first-order valence-corrected chi connectivity index (χ1v) is 13.9. The van der Waals surface area contributed by atoms with E-state index in [1.165, 1.54) is 31.3 Å². The summed E-state index contributed by atoms with van der Waals surface area (Å²) in [6, 6.07) is 11.1. The number of ether oxygens (including phenoxy) is 2. The molecule has 2 aromatic carbocycles. The first kappa shape index (κ1) is 29.4. The van der Waals surface area contributed by atoms with Crippen molar-refractivity contribution in [1.29, 1.82) is 0 Å². The second-order valence-corrected chi connectivity index (χ2v) is 12.2. The summed E-state index contributed by atoms with van der Waals surface area (Å²) in [7, 11) is -0.955. The monoisotopic (exact) mass is 583 g/mol. The molecular formula is C25H34BrN3O6S. The van der Waals surface area contributed by atoms with Crippen LogP contribution in [0, 0.1) is 0 Å². The van der Waals surface area contributed by atoms with Crippen LogP contribution in [0.1, 0.15) is 33.3 Å². The lowest BCUT2D eigenvalue weighted by Crippen LogP contribution is -2.54. The van der Waals surface area contributed by atoms with Gasteiger partial charge in [0.1, 0.15) is 12.6 Å². The lowest BCUT2D eigenvalue weighted by atomic mass is 10.1. The smallest absolute Gasteiger partial charge is 0.244 e. The van der Waals surface area contributed by atoms with Crippen LogP contribution in [-0.4, -0.2) is 63.7 Å². The minimum atomic E-state index is -3.86. The van der Waals surface area contributed by atoms with Gasteiger partial charge >= 0.3 is 0 Å². The zero-order valence-corrected chi connectivity index (χ0v) is 24.1. The number of methoxy groups -OCH3 is 2. The van der Waals surface area contributed by atoms with Gasteiger partial charge in [-0.05, 0) is 57.5 Å². The van der Waals surface area contributed by atoms with Gasteiger partial charge < -0.3 is 19.7 Å². The minimum Gasteiger partial charge on any atom is -0.493 e. The molecule has 0 spiro atoms. The van der Waals surface area contributed by atoms with Gasteiger partial charge in [-0.3, -0.25) is 13.9 Å². The summed E-state index contributed by atoms with van der Waals surface area (Å²) >= 11 is 3.42. The van der Waals surface area contributed by atoms with Gasteiger partial charge in [-0.1, -0.05) is 28.1 Å². The fourth-order valence-corrected chi connectivity index (χ4v) is 4.77. The van der Waals surface area contributed by atoms with Gasteiger partial charge in [0.25, 0.3) is 0 Å². The van der Waals surface area contributed by atoms with Crippen LogP contribution >= 0.6 is 15.9 Å². The molecule has 1 unspecified atom stereocenters. The van der Waals surface area contributed by atoms with Gasteiger partial charge in [-0.25, -0.2) is 8.42 Å². The zero-order chi connectivity index (χ0) is 27.3. The van der Waals surface area contributed by atoms with Crippen molar-refractivity contribution in [3.05, 3.63) is 52.5 Å². The Morgan fingerprint density at radius 2 is 1.69 bits per heavy atom. The highest BCUT2D eigenvalue weighted by atomic mass is 79.9. The predicted octanol–water partition coefficient (Wildman–Crippen LogP) is 3.56. The molecule has 0 heterocycles. The van der Waals surface area contributed by atoms with Gasteiger partial charge in [-0.2, -0.15) is 0 Å². The third-order valence-corrected chi connectivity index (χ3v) is 6.88.